The van der Waals surface area contributed by atoms with Crippen LogP contribution in [0.3, 0.4) is 0 Å². The second-order valence-electron chi connectivity index (χ2n) is 7.74. The number of hydrogen-bond acceptors (Lipinski definition) is 6. The van der Waals surface area contributed by atoms with Crippen molar-refractivity contribution in [2.45, 2.75) is 36.8 Å². The number of ether oxygens (including phenoxy) is 1. The molecule has 0 aliphatic rings. The number of halogens is 1. The molecule has 4 rings (SSSR count). The molecule has 9 heteroatoms. The summed E-state index contributed by atoms with van der Waals surface area (Å²) in [6, 6.07) is 17.1. The van der Waals surface area contributed by atoms with E-state index < -0.39 is 5.25 Å². The van der Waals surface area contributed by atoms with Gasteiger partial charge in [-0.3, -0.25) is 9.36 Å². The first-order valence-corrected chi connectivity index (χ1v) is 11.6. The Kier molecular flexibility index (Phi) is 7.32. The minimum atomic E-state index is -0.439. The third kappa shape index (κ3) is 5.48. The third-order valence-corrected chi connectivity index (χ3v) is 6.42. The topological polar surface area (TPSA) is 82.2 Å². The Labute approximate surface area is 201 Å². The number of nitrogens with one attached hydrogen (secondary N) is 1. The standard InChI is InChI=1S/C25H25FN4O3S/c1-16(18-6-10-20(26)11-7-18)27-24(31)17(2)34-25-29-28-23(19-8-12-21(32-3)13-9-19)30(25)15-22-5-4-14-33-22/h4-14,16-17H,15H2,1-3H3,(H,27,31). The highest BCUT2D eigenvalue weighted by Gasteiger charge is 2.23. The van der Waals surface area contributed by atoms with Gasteiger partial charge in [0.1, 0.15) is 17.3 Å². The smallest absolute Gasteiger partial charge is 0.233 e. The summed E-state index contributed by atoms with van der Waals surface area (Å²) in [4.78, 5) is 12.9. The van der Waals surface area contributed by atoms with E-state index in [-0.39, 0.29) is 17.8 Å². The molecule has 7 nitrogen and oxygen atoms in total. The van der Waals surface area contributed by atoms with E-state index in [2.05, 4.69) is 15.5 Å². The van der Waals surface area contributed by atoms with Crippen LogP contribution in [0.1, 0.15) is 31.2 Å². The number of methoxy groups -OCH3 is 1. The number of thioether (sulfide) groups is 1. The second-order valence-corrected chi connectivity index (χ2v) is 9.05. The maximum atomic E-state index is 13.2. The number of nitrogens with zero attached hydrogens (tertiary/aromatic N) is 3. The summed E-state index contributed by atoms with van der Waals surface area (Å²) in [6.07, 6.45) is 1.62. The molecule has 176 valence electrons. The molecule has 1 N–H and O–H groups in total. The lowest BCUT2D eigenvalue weighted by molar-refractivity contribution is -0.120. The van der Waals surface area contributed by atoms with Crippen molar-refractivity contribution in [3.8, 4) is 17.1 Å². The van der Waals surface area contributed by atoms with Gasteiger partial charge in [0.15, 0.2) is 11.0 Å². The Morgan fingerprint density at radius 1 is 1.12 bits per heavy atom. The van der Waals surface area contributed by atoms with E-state index in [4.69, 9.17) is 9.15 Å². The Morgan fingerprint density at radius 2 is 1.85 bits per heavy atom. The number of rotatable bonds is 9. The number of amides is 1. The molecule has 0 bridgehead atoms. The van der Waals surface area contributed by atoms with Crippen LogP contribution in [0, 0.1) is 5.82 Å². The van der Waals surface area contributed by atoms with Crippen molar-refractivity contribution in [1.82, 2.24) is 20.1 Å². The maximum absolute atomic E-state index is 13.2. The molecule has 0 saturated heterocycles. The van der Waals surface area contributed by atoms with Crippen LogP contribution in [0.4, 0.5) is 4.39 Å². The second kappa shape index (κ2) is 10.6. The van der Waals surface area contributed by atoms with Crippen molar-refractivity contribution in [3.63, 3.8) is 0 Å². The summed E-state index contributed by atoms with van der Waals surface area (Å²) < 4.78 is 25.9. The Balaban J connectivity index is 1.53. The molecule has 0 radical (unpaired) electrons. The Morgan fingerprint density at radius 3 is 2.50 bits per heavy atom. The average molecular weight is 481 g/mol. The van der Waals surface area contributed by atoms with Crippen LogP contribution in [0.5, 0.6) is 5.75 Å². The van der Waals surface area contributed by atoms with E-state index in [1.807, 2.05) is 54.8 Å². The van der Waals surface area contributed by atoms with Gasteiger partial charge < -0.3 is 14.5 Å². The van der Waals surface area contributed by atoms with Crippen LogP contribution < -0.4 is 10.1 Å². The van der Waals surface area contributed by atoms with Gasteiger partial charge in [-0.1, -0.05) is 23.9 Å². The molecule has 4 aromatic rings. The van der Waals surface area contributed by atoms with Gasteiger partial charge in [0, 0.05) is 5.56 Å². The largest absolute Gasteiger partial charge is 0.497 e. The van der Waals surface area contributed by atoms with E-state index in [0.29, 0.717) is 17.5 Å². The third-order valence-electron chi connectivity index (χ3n) is 5.34. The molecule has 2 aromatic carbocycles. The lowest BCUT2D eigenvalue weighted by atomic mass is 10.1. The van der Waals surface area contributed by atoms with Crippen LogP contribution in [0.2, 0.25) is 0 Å². The number of hydrogen-bond donors (Lipinski definition) is 1. The highest BCUT2D eigenvalue weighted by atomic mass is 32.2. The fourth-order valence-electron chi connectivity index (χ4n) is 3.41. The molecular weight excluding hydrogens is 455 g/mol. The van der Waals surface area contributed by atoms with Crippen LogP contribution in [0.25, 0.3) is 11.4 Å². The first-order chi connectivity index (χ1) is 16.4. The molecule has 2 heterocycles. The molecule has 0 spiro atoms. The average Bonchev–Trinajstić information content (AvgIpc) is 3.50. The van der Waals surface area contributed by atoms with Gasteiger partial charge in [-0.15, -0.1) is 10.2 Å². The zero-order chi connectivity index (χ0) is 24.1. The fourth-order valence-corrected chi connectivity index (χ4v) is 4.27. The fraction of sp³-hybridized carbons (Fsp3) is 0.240. The van der Waals surface area contributed by atoms with Gasteiger partial charge in [0.2, 0.25) is 5.91 Å². The van der Waals surface area contributed by atoms with Crippen LogP contribution in [0.15, 0.2) is 76.5 Å². The van der Waals surface area contributed by atoms with Crippen molar-refractivity contribution in [2.24, 2.45) is 0 Å². The lowest BCUT2D eigenvalue weighted by Gasteiger charge is -2.18. The summed E-state index contributed by atoms with van der Waals surface area (Å²) in [5.41, 5.74) is 1.70. The van der Waals surface area contributed by atoms with E-state index in [1.54, 1.807) is 25.5 Å². The molecule has 2 atom stereocenters. The summed E-state index contributed by atoms with van der Waals surface area (Å²) in [6.45, 7) is 4.10. The number of aromatic nitrogens is 3. The molecule has 0 fully saturated rings. The molecule has 0 aliphatic carbocycles. The molecule has 1 amide bonds. The minimum absolute atomic E-state index is 0.152. The van der Waals surface area contributed by atoms with Crippen molar-refractivity contribution in [2.75, 3.05) is 7.11 Å². The van der Waals surface area contributed by atoms with E-state index in [9.17, 15) is 9.18 Å². The lowest BCUT2D eigenvalue weighted by Crippen LogP contribution is -2.33. The van der Waals surface area contributed by atoms with Crippen molar-refractivity contribution in [1.29, 1.82) is 0 Å². The predicted octanol–water partition coefficient (Wildman–Crippen LogP) is 5.09. The van der Waals surface area contributed by atoms with Gasteiger partial charge in [0.05, 0.1) is 31.2 Å². The van der Waals surface area contributed by atoms with Gasteiger partial charge in [-0.25, -0.2) is 4.39 Å². The normalized spacial score (nSPS) is 12.8. The number of benzene rings is 2. The van der Waals surface area contributed by atoms with E-state index >= 15 is 0 Å². The SMILES string of the molecule is COc1ccc(-c2nnc(SC(C)C(=O)NC(C)c3ccc(F)cc3)n2Cc2ccco2)cc1. The Hall–Kier alpha value is -3.59. The molecule has 0 aliphatic heterocycles. The van der Waals surface area contributed by atoms with Crippen LogP contribution in [-0.2, 0) is 11.3 Å². The van der Waals surface area contributed by atoms with Crippen LogP contribution in [-0.4, -0.2) is 33.0 Å². The van der Waals surface area contributed by atoms with E-state index in [0.717, 1.165) is 22.6 Å². The molecule has 0 saturated carbocycles. The number of furan rings is 1. The van der Waals surface area contributed by atoms with Crippen molar-refractivity contribution in [3.05, 3.63) is 84.1 Å². The molecule has 2 unspecified atom stereocenters. The molecule has 2 aromatic heterocycles. The quantitative estimate of drug-likeness (QED) is 0.336. The number of carbonyl (C=O) groups excluding carboxylic acids is 1. The van der Waals surface area contributed by atoms with Crippen LogP contribution >= 0.6 is 11.8 Å². The summed E-state index contributed by atoms with van der Waals surface area (Å²) >= 11 is 1.31. The highest BCUT2D eigenvalue weighted by molar-refractivity contribution is 8.00. The highest BCUT2D eigenvalue weighted by Crippen LogP contribution is 2.29. The van der Waals surface area contributed by atoms with Crippen molar-refractivity contribution < 1.29 is 18.3 Å². The summed E-state index contributed by atoms with van der Waals surface area (Å²) in [5, 5.41) is 11.9. The predicted molar refractivity (Wildman–Crippen MR) is 128 cm³/mol. The van der Waals surface area contributed by atoms with Gasteiger partial charge >= 0.3 is 0 Å². The van der Waals surface area contributed by atoms with Gasteiger partial charge in [-0.05, 0) is 67.9 Å². The summed E-state index contributed by atoms with van der Waals surface area (Å²) in [5.74, 6) is 1.69. The van der Waals surface area contributed by atoms with Gasteiger partial charge in [-0.2, -0.15) is 0 Å². The first kappa shape index (κ1) is 23.6. The number of carbonyl (C=O) groups is 1. The Bertz CT molecular complexity index is 1220. The zero-order valence-electron chi connectivity index (χ0n) is 19.1. The summed E-state index contributed by atoms with van der Waals surface area (Å²) in [7, 11) is 1.62. The van der Waals surface area contributed by atoms with E-state index in [1.165, 1.54) is 23.9 Å². The monoisotopic (exact) mass is 480 g/mol. The van der Waals surface area contributed by atoms with Gasteiger partial charge in [0.25, 0.3) is 0 Å². The zero-order valence-corrected chi connectivity index (χ0v) is 19.9. The minimum Gasteiger partial charge on any atom is -0.497 e. The first-order valence-electron chi connectivity index (χ1n) is 10.8. The maximum Gasteiger partial charge on any atom is 0.233 e. The molecule has 34 heavy (non-hydrogen) atoms. The van der Waals surface area contributed by atoms with Crippen molar-refractivity contribution >= 4 is 17.7 Å². The molecular formula is C25H25FN4O3S.